The summed E-state index contributed by atoms with van der Waals surface area (Å²) >= 11 is 3.45. The monoisotopic (exact) mass is 375 g/mol. The molecule has 0 N–H and O–H groups in total. The Kier molecular flexibility index (Phi) is 4.15. The number of nitrogens with zero attached hydrogens (tertiary/aromatic N) is 1. The smallest absolute Gasteiger partial charge is 0.157 e. The number of pyridine rings is 1. The van der Waals surface area contributed by atoms with Crippen molar-refractivity contribution < 1.29 is 8.42 Å². The zero-order valence-electron chi connectivity index (χ0n) is 11.2. The van der Waals surface area contributed by atoms with Crippen LogP contribution in [-0.2, 0) is 16.3 Å². The van der Waals surface area contributed by atoms with Crippen molar-refractivity contribution in [3.63, 3.8) is 0 Å². The van der Waals surface area contributed by atoms with Gasteiger partial charge in [0, 0.05) is 22.0 Å². The fourth-order valence-electron chi connectivity index (χ4n) is 2.80. The molecule has 0 radical (unpaired) electrons. The first kappa shape index (κ1) is 15.7. The maximum atomic E-state index is 12.1. The molecule has 108 valence electrons. The minimum atomic E-state index is -3.03. The molecule has 0 fully saturated rings. The van der Waals surface area contributed by atoms with Gasteiger partial charge in [-0.05, 0) is 43.2 Å². The van der Waals surface area contributed by atoms with Crippen LogP contribution in [0, 0.1) is 6.92 Å². The molecular weight excluding hydrogens is 362 g/mol. The summed E-state index contributed by atoms with van der Waals surface area (Å²) in [5.74, 6) is 0.204. The van der Waals surface area contributed by atoms with Crippen molar-refractivity contribution >= 4 is 49.1 Å². The molecule has 0 amide bonds. The normalized spacial score (nSPS) is 20.2. The SMILES string of the molecule is Cc1c2c(nc3ccc(Br)cc13)CCS(=O)(=O)C2C.Cl. The van der Waals surface area contributed by atoms with Crippen LogP contribution in [0.2, 0.25) is 0 Å². The standard InChI is InChI=1S/C14H14BrNO2S.ClH/c1-8-11-7-10(15)3-4-12(11)16-13-5-6-19(17,18)9(2)14(8)13;/h3-4,7,9H,5-6H2,1-2H3;1H. The van der Waals surface area contributed by atoms with Crippen LogP contribution in [0.25, 0.3) is 10.9 Å². The minimum absolute atomic E-state index is 0. The van der Waals surface area contributed by atoms with Crippen molar-refractivity contribution in [3.05, 3.63) is 39.5 Å². The second kappa shape index (κ2) is 5.28. The predicted molar refractivity (Wildman–Crippen MR) is 87.3 cm³/mol. The van der Waals surface area contributed by atoms with Gasteiger partial charge in [0.2, 0.25) is 0 Å². The number of aryl methyl sites for hydroxylation is 2. The van der Waals surface area contributed by atoms with Gasteiger partial charge in [0.25, 0.3) is 0 Å². The average molecular weight is 377 g/mol. The van der Waals surface area contributed by atoms with Crippen LogP contribution in [-0.4, -0.2) is 19.2 Å². The topological polar surface area (TPSA) is 47.0 Å². The van der Waals surface area contributed by atoms with E-state index >= 15 is 0 Å². The zero-order valence-corrected chi connectivity index (χ0v) is 14.4. The second-order valence-corrected chi connectivity index (χ2v) is 8.37. The van der Waals surface area contributed by atoms with E-state index in [0.29, 0.717) is 6.42 Å². The van der Waals surface area contributed by atoms with Gasteiger partial charge in [-0.3, -0.25) is 4.98 Å². The van der Waals surface area contributed by atoms with Crippen molar-refractivity contribution in [1.29, 1.82) is 0 Å². The molecule has 0 saturated carbocycles. The number of benzene rings is 1. The summed E-state index contributed by atoms with van der Waals surface area (Å²) in [4.78, 5) is 4.65. The fraction of sp³-hybridized carbons (Fsp3) is 0.357. The molecule has 3 rings (SSSR count). The van der Waals surface area contributed by atoms with E-state index in [1.54, 1.807) is 6.92 Å². The molecule has 3 nitrogen and oxygen atoms in total. The summed E-state index contributed by atoms with van der Waals surface area (Å²) in [6, 6.07) is 5.94. The Morgan fingerprint density at radius 1 is 1.35 bits per heavy atom. The van der Waals surface area contributed by atoms with Gasteiger partial charge in [-0.25, -0.2) is 8.42 Å². The van der Waals surface area contributed by atoms with Gasteiger partial charge >= 0.3 is 0 Å². The highest BCUT2D eigenvalue weighted by Gasteiger charge is 2.32. The Morgan fingerprint density at radius 2 is 2.05 bits per heavy atom. The van der Waals surface area contributed by atoms with Crippen molar-refractivity contribution in [2.75, 3.05) is 5.75 Å². The third-order valence-corrected chi connectivity index (χ3v) is 6.48. The summed E-state index contributed by atoms with van der Waals surface area (Å²) in [7, 11) is -3.03. The van der Waals surface area contributed by atoms with Gasteiger partial charge in [0.15, 0.2) is 9.84 Å². The molecule has 1 aliphatic heterocycles. The first-order chi connectivity index (χ1) is 8.90. The largest absolute Gasteiger partial charge is 0.252 e. The number of aromatic nitrogens is 1. The van der Waals surface area contributed by atoms with Gasteiger partial charge in [0.1, 0.15) is 0 Å². The Morgan fingerprint density at radius 3 is 2.75 bits per heavy atom. The third-order valence-electron chi connectivity index (χ3n) is 3.90. The zero-order chi connectivity index (χ0) is 13.8. The number of fused-ring (bicyclic) bond motifs is 2. The van der Waals surface area contributed by atoms with Crippen molar-refractivity contribution in [1.82, 2.24) is 4.98 Å². The quantitative estimate of drug-likeness (QED) is 0.703. The molecule has 20 heavy (non-hydrogen) atoms. The highest BCUT2D eigenvalue weighted by molar-refractivity contribution is 9.10. The summed E-state index contributed by atoms with van der Waals surface area (Å²) in [6.45, 7) is 3.76. The minimum Gasteiger partial charge on any atom is -0.252 e. The van der Waals surface area contributed by atoms with Crippen molar-refractivity contribution in [2.45, 2.75) is 25.5 Å². The van der Waals surface area contributed by atoms with Gasteiger partial charge in [-0.1, -0.05) is 15.9 Å². The molecule has 1 aromatic heterocycles. The Labute approximate surface area is 133 Å². The molecule has 0 saturated heterocycles. The molecule has 2 aromatic rings. The van der Waals surface area contributed by atoms with E-state index in [4.69, 9.17) is 0 Å². The molecule has 1 aromatic carbocycles. The first-order valence-electron chi connectivity index (χ1n) is 6.20. The summed E-state index contributed by atoms with van der Waals surface area (Å²) in [5, 5.41) is 0.573. The van der Waals surface area contributed by atoms with E-state index in [-0.39, 0.29) is 18.2 Å². The lowest BCUT2D eigenvalue weighted by molar-refractivity contribution is 0.579. The lowest BCUT2D eigenvalue weighted by atomic mass is 9.98. The third kappa shape index (κ3) is 2.36. The van der Waals surface area contributed by atoms with E-state index in [1.807, 2.05) is 25.1 Å². The lowest BCUT2D eigenvalue weighted by Gasteiger charge is -2.25. The van der Waals surface area contributed by atoms with Crippen molar-refractivity contribution in [2.24, 2.45) is 0 Å². The Balaban J connectivity index is 0.00000147. The number of sulfone groups is 1. The van der Waals surface area contributed by atoms with Crippen LogP contribution in [0.3, 0.4) is 0 Å². The molecule has 0 spiro atoms. The molecule has 0 aliphatic carbocycles. The lowest BCUT2D eigenvalue weighted by Crippen LogP contribution is -2.25. The maximum absolute atomic E-state index is 12.1. The van der Waals surface area contributed by atoms with E-state index in [9.17, 15) is 8.42 Å². The van der Waals surface area contributed by atoms with Crippen molar-refractivity contribution in [3.8, 4) is 0 Å². The molecular formula is C14H15BrClNO2S. The van der Waals surface area contributed by atoms with Gasteiger partial charge in [-0.15, -0.1) is 12.4 Å². The molecule has 1 atom stereocenters. The number of hydrogen-bond donors (Lipinski definition) is 0. The highest BCUT2D eigenvalue weighted by atomic mass is 79.9. The van der Waals surface area contributed by atoms with Crippen LogP contribution < -0.4 is 0 Å². The Hall–Kier alpha value is -0.650. The second-order valence-electron chi connectivity index (χ2n) is 5.02. The molecule has 1 aliphatic rings. The van der Waals surface area contributed by atoms with Crippen LogP contribution in [0.1, 0.15) is 29.0 Å². The maximum Gasteiger partial charge on any atom is 0.157 e. The highest BCUT2D eigenvalue weighted by Crippen LogP contribution is 2.36. The molecule has 0 bridgehead atoms. The molecule has 1 unspecified atom stereocenters. The fourth-order valence-corrected chi connectivity index (χ4v) is 4.66. The number of halogens is 2. The Bertz CT molecular complexity index is 789. The number of hydrogen-bond acceptors (Lipinski definition) is 3. The molecule has 2 heterocycles. The van der Waals surface area contributed by atoms with Crippen LogP contribution >= 0.6 is 28.3 Å². The van der Waals surface area contributed by atoms with E-state index in [1.165, 1.54) is 0 Å². The van der Waals surface area contributed by atoms with Gasteiger partial charge in [0.05, 0.1) is 16.5 Å². The summed E-state index contributed by atoms with van der Waals surface area (Å²) in [5.41, 5.74) is 3.81. The summed E-state index contributed by atoms with van der Waals surface area (Å²) in [6.07, 6.45) is 0.523. The van der Waals surface area contributed by atoms with Crippen LogP contribution in [0.4, 0.5) is 0 Å². The first-order valence-corrected chi connectivity index (χ1v) is 8.71. The van der Waals surface area contributed by atoms with Gasteiger partial charge in [-0.2, -0.15) is 0 Å². The predicted octanol–water partition coefficient (Wildman–Crippen LogP) is 3.76. The van der Waals surface area contributed by atoms with Crippen LogP contribution in [0.15, 0.2) is 22.7 Å². The summed E-state index contributed by atoms with van der Waals surface area (Å²) < 4.78 is 25.1. The molecule has 6 heteroatoms. The van der Waals surface area contributed by atoms with E-state index in [0.717, 1.165) is 32.2 Å². The van der Waals surface area contributed by atoms with Crippen LogP contribution in [0.5, 0.6) is 0 Å². The van der Waals surface area contributed by atoms with E-state index < -0.39 is 15.1 Å². The average Bonchev–Trinajstić information content (AvgIpc) is 2.35. The van der Waals surface area contributed by atoms with E-state index in [2.05, 4.69) is 20.9 Å². The van der Waals surface area contributed by atoms with Gasteiger partial charge < -0.3 is 0 Å². The number of rotatable bonds is 0.